The summed E-state index contributed by atoms with van der Waals surface area (Å²) in [7, 11) is 3.33. The standard InChI is InChI=1S/C26H28F3N5O2/c1-25(8-5-9-25)30-13-16-10-19-20(21(11-16)26(27,28)29)14-34(24(19)35)18-7-4-6-17(12-18)22(36-3)23-32-31-15-33(23)2/h4,6-7,10-12,15,22,30H,5,8-9,13-14H2,1-3H3/t22-/m1/s1. The van der Waals surface area contributed by atoms with Crippen LogP contribution < -0.4 is 10.2 Å². The number of anilines is 1. The van der Waals surface area contributed by atoms with Crippen molar-refractivity contribution in [2.75, 3.05) is 12.0 Å². The van der Waals surface area contributed by atoms with Crippen molar-refractivity contribution < 1.29 is 22.7 Å². The molecule has 0 saturated heterocycles. The molecule has 3 aromatic rings. The summed E-state index contributed by atoms with van der Waals surface area (Å²) in [4.78, 5) is 14.8. The van der Waals surface area contributed by atoms with Crippen LogP contribution in [0.1, 0.15) is 70.7 Å². The maximum absolute atomic E-state index is 14.1. The van der Waals surface area contributed by atoms with E-state index in [1.807, 2.05) is 6.07 Å². The lowest BCUT2D eigenvalue weighted by molar-refractivity contribution is -0.138. The van der Waals surface area contributed by atoms with E-state index in [9.17, 15) is 18.0 Å². The molecule has 0 bridgehead atoms. The van der Waals surface area contributed by atoms with Crippen LogP contribution in [-0.4, -0.2) is 33.3 Å². The van der Waals surface area contributed by atoms with Crippen LogP contribution in [0.3, 0.4) is 0 Å². The van der Waals surface area contributed by atoms with Crippen molar-refractivity contribution in [3.63, 3.8) is 0 Å². The third-order valence-electron chi connectivity index (χ3n) is 7.28. The number of ether oxygens (including phenoxy) is 1. The number of rotatable bonds is 7. The predicted octanol–water partition coefficient (Wildman–Crippen LogP) is 4.76. The molecule has 1 amide bonds. The molecule has 7 nitrogen and oxygen atoms in total. The summed E-state index contributed by atoms with van der Waals surface area (Å²) in [6.45, 7) is 2.20. The van der Waals surface area contributed by atoms with E-state index in [1.165, 1.54) is 18.1 Å². The topological polar surface area (TPSA) is 72.3 Å². The number of hydrogen-bond acceptors (Lipinski definition) is 5. The summed E-state index contributed by atoms with van der Waals surface area (Å²) in [6.07, 6.45) is -0.468. The molecule has 2 aromatic carbocycles. The number of aryl methyl sites for hydroxylation is 1. The molecule has 2 aliphatic rings. The van der Waals surface area contributed by atoms with Crippen LogP contribution in [0.25, 0.3) is 0 Å². The van der Waals surface area contributed by atoms with Crippen LogP contribution in [-0.2, 0) is 31.1 Å². The Morgan fingerprint density at radius 1 is 1.22 bits per heavy atom. The number of carbonyl (C=O) groups excluding carboxylic acids is 1. The first kappa shape index (κ1) is 24.5. The zero-order valence-corrected chi connectivity index (χ0v) is 20.4. The van der Waals surface area contributed by atoms with Crippen molar-refractivity contribution >= 4 is 11.6 Å². The molecule has 36 heavy (non-hydrogen) atoms. The fourth-order valence-corrected chi connectivity index (χ4v) is 5.01. The van der Waals surface area contributed by atoms with Gasteiger partial charge in [-0.3, -0.25) is 4.79 Å². The highest BCUT2D eigenvalue weighted by atomic mass is 19.4. The van der Waals surface area contributed by atoms with Gasteiger partial charge in [0.05, 0.1) is 12.1 Å². The normalized spacial score (nSPS) is 17.7. The summed E-state index contributed by atoms with van der Waals surface area (Å²) in [5.74, 6) is 0.124. The van der Waals surface area contributed by atoms with Gasteiger partial charge in [0.2, 0.25) is 0 Å². The number of methoxy groups -OCH3 is 1. The van der Waals surface area contributed by atoms with Gasteiger partial charge in [0.1, 0.15) is 12.4 Å². The molecule has 1 aliphatic carbocycles. The van der Waals surface area contributed by atoms with E-state index in [1.54, 1.807) is 42.2 Å². The number of hydrogen-bond donors (Lipinski definition) is 1. The highest BCUT2D eigenvalue weighted by Gasteiger charge is 2.41. The number of nitrogens with zero attached hydrogens (tertiary/aromatic N) is 4. The Hall–Kier alpha value is -3.24. The van der Waals surface area contributed by atoms with E-state index in [2.05, 4.69) is 22.4 Å². The van der Waals surface area contributed by atoms with Crippen LogP contribution in [0, 0.1) is 0 Å². The lowest BCUT2D eigenvalue weighted by Crippen LogP contribution is -2.47. The van der Waals surface area contributed by atoms with Crippen LogP contribution in [0.15, 0.2) is 42.7 Å². The Bertz CT molecular complexity index is 1300. The first-order valence-electron chi connectivity index (χ1n) is 11.9. The van der Waals surface area contributed by atoms with Gasteiger partial charge in [-0.1, -0.05) is 12.1 Å². The second-order valence-electron chi connectivity index (χ2n) is 9.84. The van der Waals surface area contributed by atoms with Crippen LogP contribution in [0.4, 0.5) is 18.9 Å². The molecule has 190 valence electrons. The quantitative estimate of drug-likeness (QED) is 0.508. The van der Waals surface area contributed by atoms with Gasteiger partial charge in [-0.15, -0.1) is 10.2 Å². The third-order valence-corrected chi connectivity index (χ3v) is 7.28. The lowest BCUT2D eigenvalue weighted by atomic mass is 9.78. The Kier molecular flexibility index (Phi) is 6.12. The van der Waals surface area contributed by atoms with E-state index in [0.29, 0.717) is 22.6 Å². The number of fused-ring (bicyclic) bond motifs is 1. The molecule has 5 rings (SSSR count). The molecule has 0 unspecified atom stereocenters. The van der Waals surface area contributed by atoms with Gasteiger partial charge in [0.25, 0.3) is 5.91 Å². The number of aromatic nitrogens is 3. The molecule has 0 spiro atoms. The maximum atomic E-state index is 14.1. The molecule has 10 heteroatoms. The maximum Gasteiger partial charge on any atom is 0.416 e. The lowest BCUT2D eigenvalue weighted by Gasteiger charge is -2.39. The minimum atomic E-state index is -4.56. The van der Waals surface area contributed by atoms with Gasteiger partial charge in [-0.2, -0.15) is 13.2 Å². The third kappa shape index (κ3) is 4.39. The van der Waals surface area contributed by atoms with Crippen molar-refractivity contribution in [1.29, 1.82) is 0 Å². The predicted molar refractivity (Wildman–Crippen MR) is 127 cm³/mol. The number of alkyl halides is 3. The molecule has 2 heterocycles. The first-order valence-corrected chi connectivity index (χ1v) is 11.9. The molecular weight excluding hydrogens is 471 g/mol. The van der Waals surface area contributed by atoms with Crippen molar-refractivity contribution in [3.05, 3.63) is 76.4 Å². The molecular formula is C26H28F3N5O2. The van der Waals surface area contributed by atoms with Gasteiger partial charge >= 0.3 is 6.18 Å². The van der Waals surface area contributed by atoms with Gasteiger partial charge in [0, 0.05) is 37.5 Å². The summed E-state index contributed by atoms with van der Waals surface area (Å²) < 4.78 is 49.5. The average molecular weight is 500 g/mol. The van der Waals surface area contributed by atoms with Gasteiger partial charge in [-0.05, 0) is 67.1 Å². The molecule has 1 saturated carbocycles. The van der Waals surface area contributed by atoms with E-state index in [0.717, 1.165) is 19.3 Å². The summed E-state index contributed by atoms with van der Waals surface area (Å²) in [6, 6.07) is 9.82. The summed E-state index contributed by atoms with van der Waals surface area (Å²) in [5.41, 5.74) is 0.957. The van der Waals surface area contributed by atoms with Crippen LogP contribution in [0.2, 0.25) is 0 Å². The van der Waals surface area contributed by atoms with Crippen molar-refractivity contribution in [2.45, 2.75) is 57.1 Å². The second kappa shape index (κ2) is 9.01. The molecule has 0 radical (unpaired) electrons. The first-order chi connectivity index (χ1) is 17.1. The zero-order valence-electron chi connectivity index (χ0n) is 20.4. The Labute approximate surface area is 207 Å². The van der Waals surface area contributed by atoms with E-state index in [-0.39, 0.29) is 29.8 Å². The van der Waals surface area contributed by atoms with Crippen LogP contribution in [0.5, 0.6) is 0 Å². The Balaban J connectivity index is 1.47. The zero-order chi connectivity index (χ0) is 25.7. The Morgan fingerprint density at radius 2 is 2.00 bits per heavy atom. The Morgan fingerprint density at radius 3 is 2.61 bits per heavy atom. The van der Waals surface area contributed by atoms with Crippen molar-refractivity contribution in [1.82, 2.24) is 20.1 Å². The minimum absolute atomic E-state index is 0.00750. The van der Waals surface area contributed by atoms with E-state index in [4.69, 9.17) is 4.74 Å². The molecule has 1 atom stereocenters. The van der Waals surface area contributed by atoms with Gasteiger partial charge in [-0.25, -0.2) is 0 Å². The average Bonchev–Trinajstić information content (AvgIpc) is 3.39. The smallest absolute Gasteiger partial charge is 0.369 e. The summed E-state index contributed by atoms with van der Waals surface area (Å²) in [5, 5.41) is 11.4. The van der Waals surface area contributed by atoms with Crippen molar-refractivity contribution in [3.8, 4) is 0 Å². The number of nitrogens with one attached hydrogen (secondary N) is 1. The number of amides is 1. The van der Waals surface area contributed by atoms with Gasteiger partial charge in [0.15, 0.2) is 5.82 Å². The largest absolute Gasteiger partial charge is 0.416 e. The number of halogens is 3. The fourth-order valence-electron chi connectivity index (χ4n) is 5.01. The SMILES string of the molecule is CO[C@H](c1cccc(N2Cc3c(cc(CNC4(C)CCC4)cc3C(F)(F)F)C2=O)c1)c1nncn1C. The molecule has 1 aromatic heterocycles. The monoisotopic (exact) mass is 499 g/mol. The fraction of sp³-hybridized carbons (Fsp3) is 0.423. The van der Waals surface area contributed by atoms with Crippen LogP contribution >= 0.6 is 0 Å². The number of carbonyl (C=O) groups is 1. The molecule has 1 fully saturated rings. The molecule has 1 aliphatic heterocycles. The van der Waals surface area contributed by atoms with Gasteiger partial charge < -0.3 is 19.5 Å². The minimum Gasteiger partial charge on any atom is -0.369 e. The second-order valence-corrected chi connectivity index (χ2v) is 9.84. The van der Waals surface area contributed by atoms with Crippen molar-refractivity contribution in [2.24, 2.45) is 7.05 Å². The highest BCUT2D eigenvalue weighted by Crippen LogP contribution is 2.40. The number of benzene rings is 2. The molecule has 1 N–H and O–H groups in total. The highest BCUT2D eigenvalue weighted by molar-refractivity contribution is 6.10. The van der Waals surface area contributed by atoms with E-state index < -0.39 is 23.8 Å². The van der Waals surface area contributed by atoms with E-state index >= 15 is 0 Å². The summed E-state index contributed by atoms with van der Waals surface area (Å²) >= 11 is 0.